The van der Waals surface area contributed by atoms with Gasteiger partial charge in [-0.15, -0.1) is 0 Å². The highest BCUT2D eigenvalue weighted by Gasteiger charge is 2.18. The molecule has 0 saturated carbocycles. The fourth-order valence-electron chi connectivity index (χ4n) is 4.69. The summed E-state index contributed by atoms with van der Waals surface area (Å²) in [6.45, 7) is 0. The largest absolute Gasteiger partial charge is 0.0716 e. The lowest BCUT2D eigenvalue weighted by Gasteiger charge is -2.13. The van der Waals surface area contributed by atoms with Crippen LogP contribution in [-0.2, 0) is 6.42 Å². The molecule has 0 saturated heterocycles. The minimum atomic E-state index is 1.00. The Hall–Kier alpha value is -3.64. The van der Waals surface area contributed by atoms with Gasteiger partial charge in [-0.1, -0.05) is 103 Å². The van der Waals surface area contributed by atoms with Crippen LogP contribution < -0.4 is 0 Å². The van der Waals surface area contributed by atoms with Crippen molar-refractivity contribution in [1.29, 1.82) is 0 Å². The van der Waals surface area contributed by atoms with Crippen LogP contribution in [0.3, 0.4) is 0 Å². The Bertz CT molecular complexity index is 1410. The molecule has 0 aromatic heterocycles. The van der Waals surface area contributed by atoms with Gasteiger partial charge < -0.3 is 0 Å². The van der Waals surface area contributed by atoms with Crippen molar-refractivity contribution < 1.29 is 0 Å². The van der Waals surface area contributed by atoms with E-state index >= 15 is 0 Å². The summed E-state index contributed by atoms with van der Waals surface area (Å²) in [5.74, 6) is 0. The van der Waals surface area contributed by atoms with Crippen LogP contribution in [-0.4, -0.2) is 0 Å². The van der Waals surface area contributed by atoms with Gasteiger partial charge in [0, 0.05) is 0 Å². The van der Waals surface area contributed by atoms with E-state index in [1.807, 2.05) is 0 Å². The first-order valence-corrected chi connectivity index (χ1v) is 10.2. The van der Waals surface area contributed by atoms with Crippen molar-refractivity contribution >= 4 is 27.1 Å². The van der Waals surface area contributed by atoms with Crippen LogP contribution in [0, 0.1) is 0 Å². The molecule has 0 bridgehead atoms. The van der Waals surface area contributed by atoms with Gasteiger partial charge in [0.05, 0.1) is 0 Å². The average Bonchev–Trinajstić information content (AvgIpc) is 3.21. The van der Waals surface area contributed by atoms with Gasteiger partial charge in [-0.05, 0) is 67.4 Å². The molecule has 0 spiro atoms. The van der Waals surface area contributed by atoms with Crippen molar-refractivity contribution in [2.45, 2.75) is 6.42 Å². The highest BCUT2D eigenvalue weighted by Crippen LogP contribution is 2.39. The molecule has 0 N–H and O–H groups in total. The van der Waals surface area contributed by atoms with Crippen molar-refractivity contribution in [2.24, 2.45) is 0 Å². The normalized spacial score (nSPS) is 12.9. The molecule has 1 aliphatic carbocycles. The van der Waals surface area contributed by atoms with Crippen molar-refractivity contribution in [2.75, 3.05) is 0 Å². The molecule has 0 radical (unpaired) electrons. The Morgan fingerprint density at radius 3 is 1.86 bits per heavy atom. The summed E-state index contributed by atoms with van der Waals surface area (Å²) in [4.78, 5) is 0. The second kappa shape index (κ2) is 6.46. The number of fused-ring (bicyclic) bond motifs is 3. The third kappa shape index (κ3) is 2.61. The van der Waals surface area contributed by atoms with Crippen molar-refractivity contribution in [3.05, 3.63) is 126 Å². The molecule has 0 nitrogen and oxygen atoms in total. The average molecular weight is 368 g/mol. The second-order valence-corrected chi connectivity index (χ2v) is 7.75. The summed E-state index contributed by atoms with van der Waals surface area (Å²) in [7, 11) is 0. The molecule has 0 aliphatic heterocycles. The Labute approximate surface area is 170 Å². The number of allylic oxidation sites excluding steroid dienone is 1. The van der Waals surface area contributed by atoms with Gasteiger partial charge >= 0.3 is 0 Å². The molecule has 6 rings (SSSR count). The summed E-state index contributed by atoms with van der Waals surface area (Å²) in [5, 5.41) is 5.22. The predicted octanol–water partition coefficient (Wildman–Crippen LogP) is 7.65. The van der Waals surface area contributed by atoms with Crippen LogP contribution in [0.1, 0.15) is 16.7 Å². The first-order valence-electron chi connectivity index (χ1n) is 10.2. The highest BCUT2D eigenvalue weighted by atomic mass is 14.2. The van der Waals surface area contributed by atoms with E-state index < -0.39 is 0 Å². The fourth-order valence-corrected chi connectivity index (χ4v) is 4.69. The molecule has 136 valence electrons. The maximum absolute atomic E-state index is 2.39. The van der Waals surface area contributed by atoms with Gasteiger partial charge in [0.25, 0.3) is 0 Å². The van der Waals surface area contributed by atoms with Gasteiger partial charge in [0.15, 0.2) is 0 Å². The van der Waals surface area contributed by atoms with E-state index in [1.165, 1.54) is 54.9 Å². The van der Waals surface area contributed by atoms with Crippen LogP contribution >= 0.6 is 0 Å². The molecule has 5 aromatic carbocycles. The van der Waals surface area contributed by atoms with Gasteiger partial charge in [-0.25, -0.2) is 0 Å². The smallest absolute Gasteiger partial charge is 0.00818 e. The topological polar surface area (TPSA) is 0 Å². The van der Waals surface area contributed by atoms with Crippen LogP contribution in [0.15, 0.2) is 109 Å². The molecular weight excluding hydrogens is 348 g/mol. The maximum atomic E-state index is 2.39. The molecule has 0 atom stereocenters. The zero-order valence-electron chi connectivity index (χ0n) is 16.1. The standard InChI is InChI=1S/C29H20/c1-3-11-24-20(7-1)9-5-13-26(24)23-16-15-22-17-18-28(29(22)19-23)27-14-6-10-21-8-2-4-12-25(21)27/h1-16,18-19H,17H2. The summed E-state index contributed by atoms with van der Waals surface area (Å²) in [6.07, 6.45) is 3.39. The molecule has 0 heteroatoms. The van der Waals surface area contributed by atoms with Gasteiger partial charge in [0.2, 0.25) is 0 Å². The molecule has 29 heavy (non-hydrogen) atoms. The molecular formula is C29H20. The molecule has 5 aromatic rings. The highest BCUT2D eigenvalue weighted by molar-refractivity contribution is 6.01. The van der Waals surface area contributed by atoms with Crippen LogP contribution in [0.5, 0.6) is 0 Å². The van der Waals surface area contributed by atoms with E-state index in [1.54, 1.807) is 0 Å². The molecule has 0 unspecified atom stereocenters. The molecule has 1 aliphatic rings. The minimum Gasteiger partial charge on any atom is -0.0716 e. The summed E-state index contributed by atoms with van der Waals surface area (Å²) in [5.41, 5.74) is 8.06. The quantitative estimate of drug-likeness (QED) is 0.300. The third-order valence-corrected chi connectivity index (χ3v) is 6.11. The monoisotopic (exact) mass is 368 g/mol. The van der Waals surface area contributed by atoms with Crippen molar-refractivity contribution in [1.82, 2.24) is 0 Å². The first-order chi connectivity index (χ1) is 14.4. The lowest BCUT2D eigenvalue weighted by molar-refractivity contribution is 1.31. The fraction of sp³-hybridized carbons (Fsp3) is 0.0345. The summed E-state index contributed by atoms with van der Waals surface area (Å²) in [6, 6.07) is 37.5. The Balaban J connectivity index is 1.54. The third-order valence-electron chi connectivity index (χ3n) is 6.11. The van der Waals surface area contributed by atoms with E-state index in [0.29, 0.717) is 0 Å². The lowest BCUT2D eigenvalue weighted by atomic mass is 9.91. The second-order valence-electron chi connectivity index (χ2n) is 7.75. The van der Waals surface area contributed by atoms with E-state index in [4.69, 9.17) is 0 Å². The summed E-state index contributed by atoms with van der Waals surface area (Å²) >= 11 is 0. The lowest BCUT2D eigenvalue weighted by Crippen LogP contribution is -1.91. The molecule has 0 fully saturated rings. The van der Waals surface area contributed by atoms with E-state index in [0.717, 1.165) is 6.42 Å². The first kappa shape index (κ1) is 16.3. The van der Waals surface area contributed by atoms with E-state index in [-0.39, 0.29) is 0 Å². The zero-order valence-corrected chi connectivity index (χ0v) is 16.1. The predicted molar refractivity (Wildman–Crippen MR) is 124 cm³/mol. The van der Waals surface area contributed by atoms with Crippen LogP contribution in [0.25, 0.3) is 38.2 Å². The maximum Gasteiger partial charge on any atom is -0.00818 e. The van der Waals surface area contributed by atoms with Crippen molar-refractivity contribution in [3.8, 4) is 11.1 Å². The Kier molecular flexibility index (Phi) is 3.64. The molecule has 0 amide bonds. The van der Waals surface area contributed by atoms with Gasteiger partial charge in [0.1, 0.15) is 0 Å². The number of hydrogen-bond acceptors (Lipinski definition) is 0. The van der Waals surface area contributed by atoms with Gasteiger partial charge in [-0.3, -0.25) is 0 Å². The summed E-state index contributed by atoms with van der Waals surface area (Å²) < 4.78 is 0. The van der Waals surface area contributed by atoms with Gasteiger partial charge in [-0.2, -0.15) is 0 Å². The van der Waals surface area contributed by atoms with E-state index in [9.17, 15) is 0 Å². The Morgan fingerprint density at radius 1 is 0.483 bits per heavy atom. The van der Waals surface area contributed by atoms with Crippen LogP contribution in [0.4, 0.5) is 0 Å². The zero-order chi connectivity index (χ0) is 19.2. The van der Waals surface area contributed by atoms with E-state index in [2.05, 4.69) is 109 Å². The number of hydrogen-bond donors (Lipinski definition) is 0. The SMILES string of the molecule is C1=C(c2cccc3ccccc23)c2cc(-c3cccc4ccccc34)ccc2C1. The Morgan fingerprint density at radius 2 is 1.10 bits per heavy atom. The van der Waals surface area contributed by atoms with Crippen LogP contribution in [0.2, 0.25) is 0 Å². The molecule has 0 heterocycles. The number of benzene rings is 5. The minimum absolute atomic E-state index is 1.00. The number of rotatable bonds is 2. The van der Waals surface area contributed by atoms with Crippen molar-refractivity contribution in [3.63, 3.8) is 0 Å².